The first-order valence-corrected chi connectivity index (χ1v) is 13.1. The van der Waals surface area contributed by atoms with Crippen LogP contribution in [0.5, 0.6) is 0 Å². The van der Waals surface area contributed by atoms with Crippen molar-refractivity contribution in [1.29, 1.82) is 0 Å². The van der Waals surface area contributed by atoms with E-state index in [2.05, 4.69) is 20.4 Å². The normalized spacial score (nSPS) is 17.9. The van der Waals surface area contributed by atoms with Gasteiger partial charge in [-0.3, -0.25) is 23.8 Å². The van der Waals surface area contributed by atoms with Crippen molar-refractivity contribution in [3.05, 3.63) is 81.5 Å². The third-order valence-corrected chi connectivity index (χ3v) is 7.44. The Morgan fingerprint density at radius 1 is 1.12 bits per heavy atom. The van der Waals surface area contributed by atoms with Crippen LogP contribution in [0.1, 0.15) is 50.4 Å². The molecule has 0 unspecified atom stereocenters. The van der Waals surface area contributed by atoms with Gasteiger partial charge < -0.3 is 5.32 Å². The number of rotatable bonds is 3. The summed E-state index contributed by atoms with van der Waals surface area (Å²) >= 11 is 5.89. The summed E-state index contributed by atoms with van der Waals surface area (Å²) in [5.74, 6) is -4.93. The number of anilines is 1. The number of amides is 1. The summed E-state index contributed by atoms with van der Waals surface area (Å²) < 4.78 is 46.6. The Labute approximate surface area is 232 Å². The number of hydrogen-bond donors (Lipinski definition) is 1. The van der Waals surface area contributed by atoms with Gasteiger partial charge in [0.1, 0.15) is 0 Å². The van der Waals surface area contributed by atoms with Crippen molar-refractivity contribution in [3.63, 3.8) is 0 Å². The maximum Gasteiger partial charge on any atom is 0.271 e. The second-order valence-electron chi connectivity index (χ2n) is 10.0. The van der Waals surface area contributed by atoms with Crippen LogP contribution in [0.4, 0.5) is 18.9 Å². The molecule has 2 atom stereocenters. The lowest BCUT2D eigenvalue weighted by atomic mass is 9.96. The number of nitrogens with one attached hydrogen (secondary N) is 1. The summed E-state index contributed by atoms with van der Waals surface area (Å²) in [5.41, 5.74) is 0.550. The van der Waals surface area contributed by atoms with Crippen molar-refractivity contribution in [2.75, 3.05) is 5.32 Å². The molecule has 1 aliphatic heterocycles. The molecule has 3 aromatic heterocycles. The number of fused-ring (bicyclic) bond motifs is 4. The van der Waals surface area contributed by atoms with Crippen LogP contribution in [0.2, 0.25) is 5.02 Å². The van der Waals surface area contributed by atoms with Crippen LogP contribution in [0.3, 0.4) is 0 Å². The van der Waals surface area contributed by atoms with E-state index in [0.29, 0.717) is 43.3 Å². The molecule has 0 saturated carbocycles. The maximum absolute atomic E-state index is 15.0. The fraction of sp³-hybridized carbons (Fsp3) is 0.321. The van der Waals surface area contributed by atoms with Gasteiger partial charge in [-0.15, -0.1) is 0 Å². The summed E-state index contributed by atoms with van der Waals surface area (Å²) in [6, 6.07) is 6.11. The Bertz CT molecular complexity index is 1660. The summed E-state index contributed by atoms with van der Waals surface area (Å²) in [4.78, 5) is 35.0. The number of pyridine rings is 1. The monoisotopic (exact) mass is 570 g/mol. The van der Waals surface area contributed by atoms with Crippen molar-refractivity contribution in [2.24, 2.45) is 13.0 Å². The average Bonchev–Trinajstić information content (AvgIpc) is 3.26. The minimum atomic E-state index is -3.40. The highest BCUT2D eigenvalue weighted by atomic mass is 35.5. The highest BCUT2D eigenvalue weighted by Crippen LogP contribution is 2.39. The second kappa shape index (κ2) is 10.5. The van der Waals surface area contributed by atoms with Crippen molar-refractivity contribution < 1.29 is 18.0 Å². The lowest BCUT2D eigenvalue weighted by Crippen LogP contribution is -2.27. The van der Waals surface area contributed by atoms with Crippen LogP contribution in [0.25, 0.3) is 22.5 Å². The van der Waals surface area contributed by atoms with Gasteiger partial charge in [0.05, 0.1) is 46.4 Å². The number of hydrogen-bond acceptors (Lipinski definition) is 5. The third kappa shape index (κ3) is 5.13. The number of carbonyl (C=O) groups is 1. The zero-order valence-corrected chi connectivity index (χ0v) is 22.7. The van der Waals surface area contributed by atoms with Crippen LogP contribution >= 0.6 is 11.6 Å². The fourth-order valence-electron chi connectivity index (χ4n) is 5.03. The number of halogens is 4. The Morgan fingerprint density at radius 2 is 1.90 bits per heavy atom. The van der Waals surface area contributed by atoms with E-state index >= 15 is 0 Å². The molecule has 5 rings (SSSR count). The summed E-state index contributed by atoms with van der Waals surface area (Å²) in [7, 11) is 1.76. The number of alkyl halides is 2. The van der Waals surface area contributed by atoms with E-state index < -0.39 is 34.5 Å². The van der Waals surface area contributed by atoms with Crippen LogP contribution in [-0.4, -0.2) is 30.2 Å². The molecule has 8 nitrogen and oxygen atoms in total. The van der Waals surface area contributed by atoms with E-state index in [9.17, 15) is 22.8 Å². The van der Waals surface area contributed by atoms with E-state index in [1.807, 2.05) is 13.0 Å². The number of aromatic nitrogens is 5. The van der Waals surface area contributed by atoms with Gasteiger partial charge in [-0.2, -0.15) is 5.10 Å². The molecular formula is C28H26ClF3N6O2. The molecule has 1 aromatic carbocycles. The first kappa shape index (κ1) is 27.6. The van der Waals surface area contributed by atoms with E-state index in [1.165, 1.54) is 10.9 Å². The van der Waals surface area contributed by atoms with Crippen molar-refractivity contribution in [2.45, 2.75) is 45.1 Å². The lowest BCUT2D eigenvalue weighted by molar-refractivity contribution is -0.119. The van der Waals surface area contributed by atoms with Gasteiger partial charge in [-0.05, 0) is 31.0 Å². The molecule has 4 aromatic rings. The Morgan fingerprint density at radius 3 is 2.62 bits per heavy atom. The molecule has 0 radical (unpaired) electrons. The quantitative estimate of drug-likeness (QED) is 0.328. The van der Waals surface area contributed by atoms with Crippen LogP contribution < -0.4 is 10.9 Å². The van der Waals surface area contributed by atoms with Gasteiger partial charge in [0.15, 0.2) is 5.82 Å². The number of nitrogens with zero attached hydrogens (tertiary/aromatic N) is 5. The Balaban J connectivity index is 1.63. The largest absolute Gasteiger partial charge is 0.323 e. The van der Waals surface area contributed by atoms with E-state index in [0.717, 1.165) is 23.8 Å². The van der Waals surface area contributed by atoms with E-state index in [1.54, 1.807) is 30.2 Å². The van der Waals surface area contributed by atoms with Gasteiger partial charge in [-0.25, -0.2) is 18.2 Å². The molecule has 12 heteroatoms. The standard InChI is InChI=1S/C28H26ClF3N6O2/c1-15-5-4-6-22(19-11-16(9-10-33-19)26-21(36-27(15)40)13-35-37(26)3)38-14-34-20(12-23(38)39)24-17(28(2,31)32)7-8-18(29)25(24)30/h7-15,22H,4-6H2,1-3H3,(H,36,40)/t15-,22+/m1/s1. The molecule has 2 bridgehead atoms. The fourth-order valence-corrected chi connectivity index (χ4v) is 5.19. The zero-order valence-electron chi connectivity index (χ0n) is 22.0. The van der Waals surface area contributed by atoms with Gasteiger partial charge in [0.25, 0.3) is 11.5 Å². The molecule has 40 heavy (non-hydrogen) atoms. The topological polar surface area (TPSA) is 94.7 Å². The van der Waals surface area contributed by atoms with Crippen LogP contribution in [0.15, 0.2) is 53.8 Å². The minimum Gasteiger partial charge on any atom is -0.323 e. The summed E-state index contributed by atoms with van der Waals surface area (Å²) in [5, 5.41) is 6.89. The molecule has 208 valence electrons. The average molecular weight is 571 g/mol. The van der Waals surface area contributed by atoms with Crippen LogP contribution in [-0.2, 0) is 17.8 Å². The zero-order chi connectivity index (χ0) is 28.8. The predicted octanol–water partition coefficient (Wildman–Crippen LogP) is 5.96. The van der Waals surface area contributed by atoms with Crippen molar-refractivity contribution in [3.8, 4) is 22.5 Å². The van der Waals surface area contributed by atoms with E-state index in [-0.39, 0.29) is 22.5 Å². The maximum atomic E-state index is 15.0. The Kier molecular flexibility index (Phi) is 7.26. The number of aryl methyl sites for hydroxylation is 1. The molecule has 0 aliphatic carbocycles. The first-order valence-electron chi connectivity index (χ1n) is 12.7. The van der Waals surface area contributed by atoms with Gasteiger partial charge in [0.2, 0.25) is 5.91 Å². The molecule has 0 saturated heterocycles. The van der Waals surface area contributed by atoms with Gasteiger partial charge >= 0.3 is 0 Å². The van der Waals surface area contributed by atoms with Crippen molar-refractivity contribution in [1.82, 2.24) is 24.3 Å². The molecule has 1 amide bonds. The van der Waals surface area contributed by atoms with E-state index in [4.69, 9.17) is 11.6 Å². The van der Waals surface area contributed by atoms with Gasteiger partial charge in [-0.1, -0.05) is 31.0 Å². The minimum absolute atomic E-state index is 0.143. The highest BCUT2D eigenvalue weighted by Gasteiger charge is 2.32. The molecule has 1 N–H and O–H groups in total. The van der Waals surface area contributed by atoms with Crippen molar-refractivity contribution >= 4 is 23.2 Å². The SMILES string of the molecule is C[C@@H]1CCC[C@H](n2cnc(-c3c(C(C)(F)F)ccc(Cl)c3F)cc2=O)c2cc(ccn2)-c2c(cnn2C)NC1=O. The lowest BCUT2D eigenvalue weighted by Gasteiger charge is -2.22. The molecule has 0 spiro atoms. The summed E-state index contributed by atoms with van der Waals surface area (Å²) in [6.07, 6.45) is 5.96. The highest BCUT2D eigenvalue weighted by molar-refractivity contribution is 6.31. The number of carbonyl (C=O) groups excluding carboxylic acids is 1. The molecular weight excluding hydrogens is 545 g/mol. The Hall–Kier alpha value is -3.99. The summed E-state index contributed by atoms with van der Waals surface area (Å²) in [6.45, 7) is 2.46. The molecule has 0 fully saturated rings. The molecule has 1 aliphatic rings. The number of benzene rings is 1. The first-order chi connectivity index (χ1) is 19.0. The smallest absolute Gasteiger partial charge is 0.271 e. The molecule has 4 heterocycles. The predicted molar refractivity (Wildman–Crippen MR) is 145 cm³/mol. The van der Waals surface area contributed by atoms with Gasteiger partial charge in [0, 0.05) is 48.8 Å². The third-order valence-electron chi connectivity index (χ3n) is 7.15. The van der Waals surface area contributed by atoms with Crippen LogP contribution in [0, 0.1) is 11.7 Å². The second-order valence-corrected chi connectivity index (χ2v) is 10.4.